The van der Waals surface area contributed by atoms with Crippen LogP contribution in [0.1, 0.15) is 43.9 Å². The van der Waals surface area contributed by atoms with E-state index in [2.05, 4.69) is 36.4 Å². The second kappa shape index (κ2) is 12.1. The zero-order chi connectivity index (χ0) is 28.9. The van der Waals surface area contributed by atoms with Gasteiger partial charge in [0.05, 0.1) is 19.2 Å². The second-order valence-corrected chi connectivity index (χ2v) is 11.3. The molecule has 0 unspecified atom stereocenters. The van der Waals surface area contributed by atoms with Gasteiger partial charge in [-0.05, 0) is 61.7 Å². The molecule has 2 atom stereocenters. The van der Waals surface area contributed by atoms with Crippen molar-refractivity contribution in [2.75, 3.05) is 13.2 Å². The molecule has 0 radical (unpaired) electrons. The number of rotatable bonds is 8. The van der Waals surface area contributed by atoms with E-state index >= 15 is 0 Å². The molecule has 4 aromatic rings. The highest BCUT2D eigenvalue weighted by Crippen LogP contribution is 2.41. The molecule has 6 heteroatoms. The Morgan fingerprint density at radius 3 is 1.73 bits per heavy atom. The van der Waals surface area contributed by atoms with Crippen LogP contribution in [0.2, 0.25) is 0 Å². The van der Waals surface area contributed by atoms with Crippen molar-refractivity contribution >= 4 is 6.09 Å². The van der Waals surface area contributed by atoms with Gasteiger partial charge in [0.25, 0.3) is 0 Å². The van der Waals surface area contributed by atoms with Crippen LogP contribution in [-0.2, 0) is 15.1 Å². The highest BCUT2D eigenvalue weighted by molar-refractivity contribution is 5.69. The van der Waals surface area contributed by atoms with E-state index < -0.39 is 17.3 Å². The lowest BCUT2D eigenvalue weighted by Gasteiger charge is -2.38. The van der Waals surface area contributed by atoms with Crippen molar-refractivity contribution in [3.05, 3.63) is 138 Å². The smallest absolute Gasteiger partial charge is 0.410 e. The number of carbonyl (C=O) groups is 1. The third-order valence-electron chi connectivity index (χ3n) is 7.15. The van der Waals surface area contributed by atoms with Crippen LogP contribution < -0.4 is 4.74 Å². The van der Waals surface area contributed by atoms with Crippen molar-refractivity contribution in [3.63, 3.8) is 0 Å². The van der Waals surface area contributed by atoms with Crippen LogP contribution in [0.15, 0.2) is 115 Å². The summed E-state index contributed by atoms with van der Waals surface area (Å²) < 4.78 is 32.5. The predicted molar refractivity (Wildman–Crippen MR) is 157 cm³/mol. The maximum atomic E-state index is 13.5. The van der Waals surface area contributed by atoms with Gasteiger partial charge < -0.3 is 14.2 Å². The van der Waals surface area contributed by atoms with E-state index in [4.69, 9.17) is 14.2 Å². The molecule has 1 fully saturated rings. The predicted octanol–water partition coefficient (Wildman–Crippen LogP) is 7.59. The Hall–Kier alpha value is -4.16. The summed E-state index contributed by atoms with van der Waals surface area (Å²) in [5, 5.41) is 0. The molecule has 0 N–H and O–H groups in total. The standard InChI is InChI=1S/C35H36FNO4/c1-34(2,3)41-33(38)37-24-32(40-31-21-19-29(36)20-22-31)23-30(37)25-39-35(26-13-7-4-8-14-26,27-15-9-5-10-16-27)28-17-11-6-12-18-28/h4-22,30,32H,23-25H2,1-3H3/t30-,32+/m0/s1. The number of hydrogen-bond acceptors (Lipinski definition) is 4. The summed E-state index contributed by atoms with van der Waals surface area (Å²) in [6.45, 7) is 6.12. The van der Waals surface area contributed by atoms with Gasteiger partial charge in [0.15, 0.2) is 0 Å². The second-order valence-electron chi connectivity index (χ2n) is 11.3. The molecule has 4 aromatic carbocycles. The number of hydrogen-bond donors (Lipinski definition) is 0. The summed E-state index contributed by atoms with van der Waals surface area (Å²) in [6.07, 6.45) is -0.187. The highest BCUT2D eigenvalue weighted by Gasteiger charge is 2.43. The normalized spacial score (nSPS) is 17.3. The minimum absolute atomic E-state index is 0.237. The van der Waals surface area contributed by atoms with E-state index in [1.807, 2.05) is 75.4 Å². The van der Waals surface area contributed by atoms with Crippen molar-refractivity contribution in [1.82, 2.24) is 4.90 Å². The van der Waals surface area contributed by atoms with Crippen molar-refractivity contribution < 1.29 is 23.4 Å². The van der Waals surface area contributed by atoms with Crippen LogP contribution in [-0.4, -0.2) is 41.9 Å². The number of benzene rings is 4. The SMILES string of the molecule is CC(C)(C)OC(=O)N1C[C@H](Oc2ccc(F)cc2)C[C@H]1COC(c1ccccc1)(c1ccccc1)c1ccccc1. The molecular formula is C35H36FNO4. The first-order chi connectivity index (χ1) is 19.7. The number of carbonyl (C=O) groups excluding carboxylic acids is 1. The van der Waals surface area contributed by atoms with Crippen LogP contribution in [0.4, 0.5) is 9.18 Å². The first-order valence-electron chi connectivity index (χ1n) is 14.0. The molecule has 0 spiro atoms. The van der Waals surface area contributed by atoms with E-state index in [1.165, 1.54) is 12.1 Å². The summed E-state index contributed by atoms with van der Waals surface area (Å²) in [4.78, 5) is 15.1. The van der Waals surface area contributed by atoms with Crippen molar-refractivity contribution in [2.24, 2.45) is 0 Å². The van der Waals surface area contributed by atoms with Gasteiger partial charge >= 0.3 is 6.09 Å². The Bertz CT molecular complexity index is 1310. The first-order valence-corrected chi connectivity index (χ1v) is 14.0. The molecule has 1 heterocycles. The molecule has 1 saturated heterocycles. The molecule has 0 bridgehead atoms. The molecule has 1 aliphatic heterocycles. The third-order valence-corrected chi connectivity index (χ3v) is 7.15. The molecule has 212 valence electrons. The Labute approximate surface area is 241 Å². The van der Waals surface area contributed by atoms with Crippen LogP contribution in [0.5, 0.6) is 5.75 Å². The topological polar surface area (TPSA) is 48.0 Å². The summed E-state index contributed by atoms with van der Waals surface area (Å²) in [6, 6.07) is 36.1. The molecule has 0 aliphatic carbocycles. The molecule has 41 heavy (non-hydrogen) atoms. The molecular weight excluding hydrogens is 517 g/mol. The molecule has 0 saturated carbocycles. The summed E-state index contributed by atoms with van der Waals surface area (Å²) in [5.41, 5.74) is 1.38. The number of amides is 1. The van der Waals surface area contributed by atoms with E-state index in [1.54, 1.807) is 17.0 Å². The molecule has 1 aliphatic rings. The molecule has 5 nitrogen and oxygen atoms in total. The Balaban J connectivity index is 1.49. The maximum Gasteiger partial charge on any atom is 0.410 e. The number of likely N-dealkylation sites (tertiary alicyclic amines) is 1. The van der Waals surface area contributed by atoms with Gasteiger partial charge in [-0.25, -0.2) is 9.18 Å². The zero-order valence-corrected chi connectivity index (χ0v) is 23.7. The first kappa shape index (κ1) is 28.4. The monoisotopic (exact) mass is 553 g/mol. The van der Waals surface area contributed by atoms with Gasteiger partial charge in [-0.15, -0.1) is 0 Å². The average Bonchev–Trinajstić information content (AvgIpc) is 3.38. The Kier molecular flexibility index (Phi) is 8.41. The van der Waals surface area contributed by atoms with Gasteiger partial charge in [0, 0.05) is 6.42 Å². The lowest BCUT2D eigenvalue weighted by atomic mass is 9.80. The van der Waals surface area contributed by atoms with E-state index in [-0.39, 0.29) is 24.6 Å². The quantitative estimate of drug-likeness (QED) is 0.211. The summed E-state index contributed by atoms with van der Waals surface area (Å²) in [5.74, 6) is 0.221. The third kappa shape index (κ3) is 6.60. The van der Waals surface area contributed by atoms with E-state index in [0.717, 1.165) is 16.7 Å². The lowest BCUT2D eigenvalue weighted by Crippen LogP contribution is -2.44. The van der Waals surface area contributed by atoms with E-state index in [9.17, 15) is 9.18 Å². The van der Waals surface area contributed by atoms with Crippen molar-refractivity contribution in [2.45, 2.75) is 50.5 Å². The minimum atomic E-state index is -0.917. The van der Waals surface area contributed by atoms with Crippen molar-refractivity contribution in [3.8, 4) is 5.75 Å². The number of ether oxygens (including phenoxy) is 3. The fourth-order valence-corrected chi connectivity index (χ4v) is 5.36. The summed E-state index contributed by atoms with van der Waals surface area (Å²) >= 11 is 0. The van der Waals surface area contributed by atoms with Crippen LogP contribution in [0, 0.1) is 5.82 Å². The van der Waals surface area contributed by atoms with Crippen LogP contribution >= 0.6 is 0 Å². The van der Waals surface area contributed by atoms with Crippen LogP contribution in [0.3, 0.4) is 0 Å². The van der Waals surface area contributed by atoms with Crippen LogP contribution in [0.25, 0.3) is 0 Å². The van der Waals surface area contributed by atoms with Gasteiger partial charge in [0.1, 0.15) is 28.9 Å². The average molecular weight is 554 g/mol. The fourth-order valence-electron chi connectivity index (χ4n) is 5.36. The van der Waals surface area contributed by atoms with Gasteiger partial charge in [0.2, 0.25) is 0 Å². The van der Waals surface area contributed by atoms with Gasteiger partial charge in [-0.3, -0.25) is 4.90 Å². The maximum absolute atomic E-state index is 13.5. The molecule has 1 amide bonds. The van der Waals surface area contributed by atoms with Gasteiger partial charge in [-0.1, -0.05) is 91.0 Å². The minimum Gasteiger partial charge on any atom is -0.489 e. The largest absolute Gasteiger partial charge is 0.489 e. The number of nitrogens with zero attached hydrogens (tertiary/aromatic N) is 1. The fraction of sp³-hybridized carbons (Fsp3) is 0.286. The van der Waals surface area contributed by atoms with E-state index in [0.29, 0.717) is 18.7 Å². The lowest BCUT2D eigenvalue weighted by molar-refractivity contribution is -0.0251. The number of halogens is 1. The Morgan fingerprint density at radius 2 is 1.27 bits per heavy atom. The Morgan fingerprint density at radius 1 is 0.780 bits per heavy atom. The van der Waals surface area contributed by atoms with Gasteiger partial charge in [-0.2, -0.15) is 0 Å². The molecule has 0 aromatic heterocycles. The highest BCUT2D eigenvalue weighted by atomic mass is 19.1. The zero-order valence-electron chi connectivity index (χ0n) is 23.7. The van der Waals surface area contributed by atoms with Crippen molar-refractivity contribution in [1.29, 1.82) is 0 Å². The summed E-state index contributed by atoms with van der Waals surface area (Å²) in [7, 11) is 0. The molecule has 5 rings (SSSR count).